The summed E-state index contributed by atoms with van der Waals surface area (Å²) in [4.78, 5) is 71.0. The SMILES string of the molecule is C.COC(=O)CNC(=O)c1ccc(-c2ccc(C(C/C(=N\O)c3ccc(=O)n(C)c3)c3ccc(Cl)cc3C)cc2)cc1.COC(=O)CNC(=O)c1ccc(-c2ccc(C(C/C(=N\O)c3ccc(=O)n(C)c3)c3ccc(Cl)cc3C)cc2)cc1. The molecule has 8 aromatic rings. The van der Waals surface area contributed by atoms with Crippen LogP contribution in [0.1, 0.15) is 97.3 Å². The molecule has 2 unspecified atom stereocenters. The van der Waals surface area contributed by atoms with Crippen molar-refractivity contribution >= 4 is 58.4 Å². The van der Waals surface area contributed by atoms with Crippen LogP contribution in [-0.2, 0) is 33.2 Å². The van der Waals surface area contributed by atoms with Gasteiger partial charge in [-0.15, -0.1) is 0 Å². The molecule has 4 N–H and O–H groups in total. The summed E-state index contributed by atoms with van der Waals surface area (Å²) >= 11 is 12.5. The summed E-state index contributed by atoms with van der Waals surface area (Å²) < 4.78 is 12.0. The highest BCUT2D eigenvalue weighted by Gasteiger charge is 2.24. The Kier molecular flexibility index (Phi) is 22.2. The maximum atomic E-state index is 12.3. The van der Waals surface area contributed by atoms with E-state index >= 15 is 0 Å². The molecule has 0 aliphatic heterocycles. The van der Waals surface area contributed by atoms with Crippen molar-refractivity contribution in [3.63, 3.8) is 0 Å². The van der Waals surface area contributed by atoms with E-state index in [-0.39, 0.29) is 55.3 Å². The van der Waals surface area contributed by atoms with Crippen molar-refractivity contribution in [2.24, 2.45) is 24.4 Å². The van der Waals surface area contributed by atoms with Crippen molar-refractivity contribution in [3.8, 4) is 22.3 Å². The second-order valence-electron chi connectivity index (χ2n) is 19.3. The molecule has 2 atom stereocenters. The van der Waals surface area contributed by atoms with Gasteiger partial charge in [0.05, 0.1) is 25.6 Å². The van der Waals surface area contributed by atoms with Crippen LogP contribution >= 0.6 is 23.2 Å². The number of amides is 2. The number of esters is 2. The van der Waals surface area contributed by atoms with E-state index in [0.29, 0.717) is 56.6 Å². The molecule has 0 bridgehead atoms. The Morgan fingerprint density at radius 3 is 1.10 bits per heavy atom. The van der Waals surface area contributed by atoms with Gasteiger partial charge in [0, 0.05) is 95.6 Å². The summed E-state index contributed by atoms with van der Waals surface area (Å²) in [7, 11) is 5.84. The van der Waals surface area contributed by atoms with Gasteiger partial charge in [0.1, 0.15) is 13.1 Å². The first kappa shape index (κ1) is 62.8. The van der Waals surface area contributed by atoms with Crippen LogP contribution < -0.4 is 21.8 Å². The Morgan fingerprint density at radius 1 is 0.494 bits per heavy atom. The fraction of sp³-hybridized carbons (Fsp3) is 0.200. The molecular formula is C65H64Cl2N6O10. The maximum absolute atomic E-state index is 12.3. The van der Waals surface area contributed by atoms with Crippen LogP contribution in [0.4, 0.5) is 0 Å². The Balaban J connectivity index is 0.000000263. The van der Waals surface area contributed by atoms with Gasteiger partial charge in [0.2, 0.25) is 11.1 Å². The molecule has 0 aliphatic rings. The minimum atomic E-state index is -0.520. The summed E-state index contributed by atoms with van der Waals surface area (Å²) in [5.41, 5.74) is 12.6. The molecule has 0 fully saturated rings. The number of hydrogen-bond donors (Lipinski definition) is 4. The zero-order valence-electron chi connectivity index (χ0n) is 45.9. The predicted molar refractivity (Wildman–Crippen MR) is 324 cm³/mol. The molecule has 0 spiro atoms. The van der Waals surface area contributed by atoms with Crippen LogP contribution in [0.5, 0.6) is 0 Å². The van der Waals surface area contributed by atoms with E-state index in [0.717, 1.165) is 55.6 Å². The lowest BCUT2D eigenvalue weighted by atomic mass is 9.83. The van der Waals surface area contributed by atoms with Gasteiger partial charge in [0.25, 0.3) is 11.8 Å². The van der Waals surface area contributed by atoms with E-state index in [1.54, 1.807) is 62.9 Å². The van der Waals surface area contributed by atoms with E-state index in [9.17, 15) is 39.2 Å². The number of carbonyl (C=O) groups excluding carboxylic acids is 4. The number of ether oxygens (including phenoxy) is 2. The van der Waals surface area contributed by atoms with Crippen molar-refractivity contribution in [3.05, 3.63) is 257 Å². The summed E-state index contributed by atoms with van der Waals surface area (Å²) in [6.45, 7) is 3.59. The summed E-state index contributed by atoms with van der Waals surface area (Å²) in [6, 6.07) is 48.0. The third-order valence-corrected chi connectivity index (χ3v) is 14.4. The van der Waals surface area contributed by atoms with Gasteiger partial charge < -0.3 is 39.7 Å². The Hall–Kier alpha value is -9.38. The second-order valence-corrected chi connectivity index (χ2v) is 20.1. The molecule has 6 aromatic carbocycles. The molecule has 0 saturated carbocycles. The van der Waals surface area contributed by atoms with Crippen LogP contribution in [0.15, 0.2) is 190 Å². The number of pyridine rings is 2. The van der Waals surface area contributed by atoms with E-state index in [1.807, 2.05) is 123 Å². The topological polar surface area (TPSA) is 220 Å². The first-order valence-corrected chi connectivity index (χ1v) is 26.5. The van der Waals surface area contributed by atoms with Crippen molar-refractivity contribution in [2.75, 3.05) is 27.3 Å². The molecule has 2 amide bonds. The number of rotatable bonds is 18. The van der Waals surface area contributed by atoms with Crippen molar-refractivity contribution < 1.29 is 39.1 Å². The lowest BCUT2D eigenvalue weighted by molar-refractivity contribution is -0.140. The fourth-order valence-corrected chi connectivity index (χ4v) is 9.77. The molecule has 0 aliphatic carbocycles. The minimum absolute atomic E-state index is 0. The van der Waals surface area contributed by atoms with Gasteiger partial charge >= 0.3 is 11.9 Å². The predicted octanol–water partition coefficient (Wildman–Crippen LogP) is 11.3. The number of carbonyl (C=O) groups is 4. The zero-order chi connectivity index (χ0) is 59.0. The Bertz CT molecular complexity index is 3540. The third kappa shape index (κ3) is 16.4. The first-order chi connectivity index (χ1) is 39.4. The molecule has 2 aromatic heterocycles. The van der Waals surface area contributed by atoms with Gasteiger partial charge in [-0.25, -0.2) is 0 Å². The van der Waals surface area contributed by atoms with Crippen LogP contribution in [0, 0.1) is 13.8 Å². The molecule has 8 rings (SSSR count). The number of benzene rings is 6. The average molecular weight is 1160 g/mol. The number of hydrogen-bond acceptors (Lipinski definition) is 12. The molecule has 0 radical (unpaired) electrons. The van der Waals surface area contributed by atoms with E-state index in [4.69, 9.17) is 23.2 Å². The normalized spacial score (nSPS) is 11.9. The molecule has 18 heteroatoms. The van der Waals surface area contributed by atoms with Gasteiger partial charge in [-0.3, -0.25) is 28.8 Å². The van der Waals surface area contributed by atoms with Crippen LogP contribution in [0.3, 0.4) is 0 Å². The highest BCUT2D eigenvalue weighted by atomic mass is 35.5. The average Bonchev–Trinajstić information content (AvgIpc) is 3.64. The quantitative estimate of drug-likeness (QED) is 0.0275. The highest BCUT2D eigenvalue weighted by Crippen LogP contribution is 2.36. The highest BCUT2D eigenvalue weighted by molar-refractivity contribution is 6.31. The lowest BCUT2D eigenvalue weighted by Gasteiger charge is -2.21. The number of methoxy groups -OCH3 is 2. The van der Waals surface area contributed by atoms with Crippen molar-refractivity contribution in [2.45, 2.75) is 46.0 Å². The monoisotopic (exact) mass is 1160 g/mol. The number of halogens is 2. The molecule has 16 nitrogen and oxygen atoms in total. The summed E-state index contributed by atoms with van der Waals surface area (Å²) in [5, 5.41) is 33.4. The van der Waals surface area contributed by atoms with Gasteiger partial charge in [-0.1, -0.05) is 126 Å². The molecular weight excluding hydrogens is 1100 g/mol. The summed E-state index contributed by atoms with van der Waals surface area (Å²) in [6.07, 6.45) is 4.08. The first-order valence-electron chi connectivity index (χ1n) is 25.8. The Morgan fingerprint density at radius 2 is 0.807 bits per heavy atom. The molecule has 2 heterocycles. The standard InChI is InChI=1S/2C32H30ClN3O5.CH4/c2*1-20-16-26(33)13-14-27(20)28(17-29(35-40)25-12-15-30(37)36(2)19-25)23-8-4-21(5-9-23)22-6-10-24(11-7-22)32(39)34-18-31(38)41-3;/h2*4-16,19,28,40H,17-18H2,1-3H3,(H,34,39);1H4/b2*35-29+;. The number of oxime groups is 2. The smallest absolute Gasteiger partial charge is 0.325 e. The van der Waals surface area contributed by atoms with Gasteiger partial charge in [-0.05, 0) is 130 Å². The van der Waals surface area contributed by atoms with E-state index in [1.165, 1.54) is 35.5 Å². The van der Waals surface area contributed by atoms with Gasteiger partial charge in [0.15, 0.2) is 0 Å². The maximum Gasteiger partial charge on any atom is 0.325 e. The Labute approximate surface area is 491 Å². The van der Waals surface area contributed by atoms with Crippen molar-refractivity contribution in [1.29, 1.82) is 0 Å². The zero-order valence-corrected chi connectivity index (χ0v) is 47.4. The molecule has 83 heavy (non-hydrogen) atoms. The largest absolute Gasteiger partial charge is 0.468 e. The number of nitrogens with zero attached hydrogens (tertiary/aromatic N) is 4. The lowest BCUT2D eigenvalue weighted by Crippen LogP contribution is -2.30. The van der Waals surface area contributed by atoms with Crippen LogP contribution in [-0.4, -0.2) is 82.0 Å². The molecule has 428 valence electrons. The van der Waals surface area contributed by atoms with E-state index in [2.05, 4.69) is 30.4 Å². The minimum Gasteiger partial charge on any atom is -0.468 e. The fourth-order valence-electron chi connectivity index (χ4n) is 9.32. The van der Waals surface area contributed by atoms with Gasteiger partial charge in [-0.2, -0.15) is 0 Å². The van der Waals surface area contributed by atoms with Crippen LogP contribution in [0.25, 0.3) is 22.3 Å². The third-order valence-electron chi connectivity index (χ3n) is 13.9. The number of aromatic nitrogens is 2. The molecule has 0 saturated heterocycles. The van der Waals surface area contributed by atoms with Crippen LogP contribution in [0.2, 0.25) is 10.0 Å². The van der Waals surface area contributed by atoms with E-state index < -0.39 is 11.9 Å². The summed E-state index contributed by atoms with van der Waals surface area (Å²) in [5.74, 6) is -2.09. The van der Waals surface area contributed by atoms with Crippen molar-refractivity contribution in [1.82, 2.24) is 19.8 Å². The number of nitrogens with one attached hydrogen (secondary N) is 2. The number of aryl methyl sites for hydroxylation is 4. The second kappa shape index (κ2) is 29.4.